The largest absolute Gasteiger partial charge is 0.497 e. The van der Waals surface area contributed by atoms with Gasteiger partial charge in [-0.3, -0.25) is 4.79 Å². The molecule has 2 aliphatic rings. The summed E-state index contributed by atoms with van der Waals surface area (Å²) in [5.41, 5.74) is 3.04. The van der Waals surface area contributed by atoms with Gasteiger partial charge in [0.15, 0.2) is 5.78 Å². The van der Waals surface area contributed by atoms with Crippen LogP contribution in [0.25, 0.3) is 0 Å². The second-order valence-corrected chi connectivity index (χ2v) is 8.67. The molecule has 0 amide bonds. The Morgan fingerprint density at radius 2 is 1.87 bits per heavy atom. The maximum absolute atomic E-state index is 13.4. The van der Waals surface area contributed by atoms with Crippen LogP contribution in [-0.4, -0.2) is 46.3 Å². The van der Waals surface area contributed by atoms with Gasteiger partial charge in [-0.05, 0) is 37.0 Å². The molecule has 0 saturated carbocycles. The highest BCUT2D eigenvalue weighted by atomic mass is 16.6. The predicted molar refractivity (Wildman–Crippen MR) is 116 cm³/mol. The summed E-state index contributed by atoms with van der Waals surface area (Å²) < 4.78 is 21.5. The molecule has 0 radical (unpaired) electrons. The Kier molecular flexibility index (Phi) is 6.74. The van der Waals surface area contributed by atoms with E-state index in [0.29, 0.717) is 53.4 Å². The Morgan fingerprint density at radius 3 is 2.52 bits per heavy atom. The van der Waals surface area contributed by atoms with Crippen LogP contribution in [-0.2, 0) is 19.1 Å². The molecule has 1 N–H and O–H groups in total. The minimum atomic E-state index is -0.611. The van der Waals surface area contributed by atoms with Crippen molar-refractivity contribution in [3.05, 3.63) is 46.3 Å². The van der Waals surface area contributed by atoms with Crippen LogP contribution in [0.15, 0.2) is 40.7 Å². The number of rotatable bonds is 7. The lowest BCUT2D eigenvalue weighted by Gasteiger charge is -2.39. The number of dihydropyridines is 1. The SMILES string of the molecule is COCCOC(=O)C1=C(C)NC2=C(C(=O)CC(C)(C)C2)C1c1cc(OC)ccc1OC. The fraction of sp³-hybridized carbons (Fsp3) is 0.500. The van der Waals surface area contributed by atoms with E-state index in [4.69, 9.17) is 18.9 Å². The topological polar surface area (TPSA) is 83.1 Å². The summed E-state index contributed by atoms with van der Waals surface area (Å²) in [6.45, 7) is 6.40. The van der Waals surface area contributed by atoms with Gasteiger partial charge in [0.1, 0.15) is 18.1 Å². The summed E-state index contributed by atoms with van der Waals surface area (Å²) in [5, 5.41) is 3.33. The van der Waals surface area contributed by atoms with Crippen LogP contribution in [0, 0.1) is 5.41 Å². The van der Waals surface area contributed by atoms with Gasteiger partial charge in [0.25, 0.3) is 0 Å². The molecule has 0 bridgehead atoms. The lowest BCUT2D eigenvalue weighted by atomic mass is 9.68. The van der Waals surface area contributed by atoms with Gasteiger partial charge in [-0.1, -0.05) is 13.8 Å². The molecule has 7 heteroatoms. The number of methoxy groups -OCH3 is 3. The Bertz CT molecular complexity index is 943. The van der Waals surface area contributed by atoms with E-state index in [1.54, 1.807) is 33.5 Å². The van der Waals surface area contributed by atoms with Crippen molar-refractivity contribution in [1.29, 1.82) is 0 Å². The molecule has 1 aromatic rings. The number of ketones is 1. The first kappa shape index (κ1) is 22.9. The second kappa shape index (κ2) is 9.14. The number of carbonyl (C=O) groups excluding carboxylic acids is 2. The molecule has 1 heterocycles. The van der Waals surface area contributed by atoms with E-state index >= 15 is 0 Å². The van der Waals surface area contributed by atoms with Crippen LogP contribution in [0.1, 0.15) is 45.1 Å². The van der Waals surface area contributed by atoms with Gasteiger partial charge in [-0.25, -0.2) is 4.79 Å². The molecular weight excluding hydrogens is 398 g/mol. The summed E-state index contributed by atoms with van der Waals surface area (Å²) in [6.07, 6.45) is 1.11. The average Bonchev–Trinajstić information content (AvgIpc) is 2.71. The number of hydrogen-bond acceptors (Lipinski definition) is 7. The van der Waals surface area contributed by atoms with Crippen molar-refractivity contribution in [3.63, 3.8) is 0 Å². The van der Waals surface area contributed by atoms with E-state index in [0.717, 1.165) is 5.70 Å². The van der Waals surface area contributed by atoms with Crippen molar-refractivity contribution in [2.45, 2.75) is 39.5 Å². The van der Waals surface area contributed by atoms with Crippen LogP contribution in [0.4, 0.5) is 0 Å². The fourth-order valence-corrected chi connectivity index (χ4v) is 4.38. The fourth-order valence-electron chi connectivity index (χ4n) is 4.38. The van der Waals surface area contributed by atoms with Crippen LogP contribution >= 0.6 is 0 Å². The molecule has 1 aliphatic carbocycles. The third kappa shape index (κ3) is 4.61. The van der Waals surface area contributed by atoms with Crippen molar-refractivity contribution in [3.8, 4) is 11.5 Å². The van der Waals surface area contributed by atoms with E-state index in [9.17, 15) is 9.59 Å². The van der Waals surface area contributed by atoms with Gasteiger partial charge in [-0.2, -0.15) is 0 Å². The Morgan fingerprint density at radius 1 is 1.13 bits per heavy atom. The zero-order valence-electron chi connectivity index (χ0n) is 19.1. The second-order valence-electron chi connectivity index (χ2n) is 8.67. The van der Waals surface area contributed by atoms with Crippen molar-refractivity contribution < 1.29 is 28.5 Å². The van der Waals surface area contributed by atoms with E-state index in [-0.39, 0.29) is 17.8 Å². The number of ether oxygens (including phenoxy) is 4. The Labute approximate surface area is 183 Å². The number of benzene rings is 1. The van der Waals surface area contributed by atoms with Crippen molar-refractivity contribution in [2.75, 3.05) is 34.5 Å². The number of carbonyl (C=O) groups is 2. The zero-order valence-corrected chi connectivity index (χ0v) is 19.1. The van der Waals surface area contributed by atoms with Gasteiger partial charge in [0, 0.05) is 36.1 Å². The number of hydrogen-bond donors (Lipinski definition) is 1. The highest BCUT2D eigenvalue weighted by Gasteiger charge is 2.44. The molecule has 1 unspecified atom stereocenters. The number of nitrogens with one attached hydrogen (secondary N) is 1. The summed E-state index contributed by atoms with van der Waals surface area (Å²) in [7, 11) is 4.69. The predicted octanol–water partition coefficient (Wildman–Crippen LogP) is 3.50. The third-order valence-corrected chi connectivity index (χ3v) is 5.73. The third-order valence-electron chi connectivity index (χ3n) is 5.73. The lowest BCUT2D eigenvalue weighted by Crippen LogP contribution is -2.39. The van der Waals surface area contributed by atoms with Crippen LogP contribution in [0.2, 0.25) is 0 Å². The van der Waals surface area contributed by atoms with Crippen molar-refractivity contribution in [1.82, 2.24) is 5.32 Å². The number of allylic oxidation sites excluding steroid dienone is 3. The minimum absolute atomic E-state index is 0.0170. The average molecular weight is 430 g/mol. The van der Waals surface area contributed by atoms with Gasteiger partial charge < -0.3 is 24.3 Å². The Balaban J connectivity index is 2.18. The summed E-state index contributed by atoms with van der Waals surface area (Å²) >= 11 is 0. The molecule has 0 fully saturated rings. The molecule has 0 spiro atoms. The monoisotopic (exact) mass is 429 g/mol. The molecule has 168 valence electrons. The smallest absolute Gasteiger partial charge is 0.336 e. The highest BCUT2D eigenvalue weighted by molar-refractivity contribution is 6.04. The summed E-state index contributed by atoms with van der Waals surface area (Å²) in [6, 6.07) is 5.40. The molecule has 31 heavy (non-hydrogen) atoms. The molecule has 0 aromatic heterocycles. The Hall–Kier alpha value is -2.80. The molecule has 1 atom stereocenters. The molecule has 0 saturated heterocycles. The first-order valence-corrected chi connectivity index (χ1v) is 10.3. The summed E-state index contributed by atoms with van der Waals surface area (Å²) in [4.78, 5) is 26.5. The molecule has 7 nitrogen and oxygen atoms in total. The standard InChI is InChI=1S/C24H31NO6/c1-14-20(23(27)31-10-9-28-4)21(16-11-15(29-5)7-8-19(16)30-6)22-17(25-14)12-24(2,3)13-18(22)26/h7-8,11,21,25H,9-10,12-13H2,1-6H3. The lowest BCUT2D eigenvalue weighted by molar-refractivity contribution is -0.140. The first-order chi connectivity index (χ1) is 14.7. The quantitative estimate of drug-likeness (QED) is 0.525. The van der Waals surface area contributed by atoms with Gasteiger partial charge in [0.05, 0.1) is 32.3 Å². The number of esters is 1. The normalized spacial score (nSPS) is 20.2. The highest BCUT2D eigenvalue weighted by Crippen LogP contribution is 2.49. The van der Waals surface area contributed by atoms with Gasteiger partial charge in [0.2, 0.25) is 0 Å². The van der Waals surface area contributed by atoms with E-state index in [1.807, 2.05) is 13.0 Å². The molecule has 3 rings (SSSR count). The van der Waals surface area contributed by atoms with Crippen LogP contribution < -0.4 is 14.8 Å². The van der Waals surface area contributed by atoms with E-state index in [1.165, 1.54) is 0 Å². The van der Waals surface area contributed by atoms with Gasteiger partial charge >= 0.3 is 5.97 Å². The first-order valence-electron chi connectivity index (χ1n) is 10.3. The molecular formula is C24H31NO6. The minimum Gasteiger partial charge on any atom is -0.497 e. The van der Waals surface area contributed by atoms with Crippen molar-refractivity contribution in [2.24, 2.45) is 5.41 Å². The maximum atomic E-state index is 13.4. The number of Topliss-reactive ketones (excluding diaryl/α,β-unsaturated/α-hetero) is 1. The van der Waals surface area contributed by atoms with E-state index in [2.05, 4.69) is 19.2 Å². The maximum Gasteiger partial charge on any atom is 0.336 e. The van der Waals surface area contributed by atoms with Crippen molar-refractivity contribution >= 4 is 11.8 Å². The molecule has 1 aliphatic heterocycles. The molecule has 1 aromatic carbocycles. The van der Waals surface area contributed by atoms with E-state index < -0.39 is 11.9 Å². The van der Waals surface area contributed by atoms with Crippen LogP contribution in [0.3, 0.4) is 0 Å². The summed E-state index contributed by atoms with van der Waals surface area (Å²) in [5.74, 6) is 0.112. The van der Waals surface area contributed by atoms with Crippen LogP contribution in [0.5, 0.6) is 11.5 Å². The van der Waals surface area contributed by atoms with Gasteiger partial charge in [-0.15, -0.1) is 0 Å². The zero-order chi connectivity index (χ0) is 22.8.